The van der Waals surface area contributed by atoms with Crippen molar-refractivity contribution in [2.75, 3.05) is 26.2 Å². The number of aromatic nitrogens is 3. The Bertz CT molecular complexity index is 681. The van der Waals surface area contributed by atoms with E-state index in [9.17, 15) is 4.79 Å². The van der Waals surface area contributed by atoms with Crippen LogP contribution in [-0.2, 0) is 4.79 Å². The summed E-state index contributed by atoms with van der Waals surface area (Å²) < 4.78 is 1.90. The number of likely N-dealkylation sites (tertiary alicyclic amines) is 2. The molecule has 132 valence electrons. The average Bonchev–Trinajstić information content (AvgIpc) is 3.37. The molecule has 1 aromatic heterocycles. The Morgan fingerprint density at radius 1 is 1.08 bits per heavy atom. The Labute approximate surface area is 148 Å². The van der Waals surface area contributed by atoms with Gasteiger partial charge in [-0.25, -0.2) is 9.67 Å². The van der Waals surface area contributed by atoms with E-state index in [1.807, 2.05) is 27.8 Å². The van der Waals surface area contributed by atoms with Crippen molar-refractivity contribution in [1.82, 2.24) is 24.6 Å². The molecule has 1 aromatic carbocycles. The van der Waals surface area contributed by atoms with Crippen molar-refractivity contribution in [3.05, 3.63) is 48.5 Å². The monoisotopic (exact) mass is 339 g/mol. The molecule has 25 heavy (non-hydrogen) atoms. The van der Waals surface area contributed by atoms with E-state index in [1.165, 1.54) is 12.8 Å². The SMILES string of the molecule is O=C([C@@H](c1ccccc1)N1CCCC1)N1CCC[C@@H](n2cncn2)C1. The molecule has 0 radical (unpaired) electrons. The van der Waals surface area contributed by atoms with Crippen LogP contribution < -0.4 is 0 Å². The summed E-state index contributed by atoms with van der Waals surface area (Å²) in [5.74, 6) is 0.234. The molecule has 6 nitrogen and oxygen atoms in total. The van der Waals surface area contributed by atoms with Gasteiger partial charge < -0.3 is 4.90 Å². The number of carbonyl (C=O) groups excluding carboxylic acids is 1. The molecule has 2 saturated heterocycles. The van der Waals surface area contributed by atoms with E-state index in [1.54, 1.807) is 12.7 Å². The summed E-state index contributed by atoms with van der Waals surface area (Å²) in [6, 6.07) is 10.3. The molecule has 0 aliphatic carbocycles. The standard InChI is InChI=1S/C19H25N5O/c25-19(23-12-6-9-17(13-23)24-15-20-14-21-24)18(22-10-4-5-11-22)16-7-2-1-3-8-16/h1-3,7-8,14-15,17-18H,4-6,9-13H2/t17-,18-/m1/s1. The molecule has 3 heterocycles. The van der Waals surface area contributed by atoms with Gasteiger partial charge in [0.05, 0.1) is 6.04 Å². The van der Waals surface area contributed by atoms with Gasteiger partial charge in [0.25, 0.3) is 0 Å². The van der Waals surface area contributed by atoms with Crippen LogP contribution in [0.25, 0.3) is 0 Å². The zero-order chi connectivity index (χ0) is 17.1. The van der Waals surface area contributed by atoms with Crippen LogP contribution in [0.1, 0.15) is 43.3 Å². The predicted molar refractivity (Wildman–Crippen MR) is 94.9 cm³/mol. The van der Waals surface area contributed by atoms with Crippen LogP contribution >= 0.6 is 0 Å². The Balaban J connectivity index is 1.55. The molecule has 2 atom stereocenters. The normalized spacial score (nSPS) is 22.9. The molecule has 0 N–H and O–H groups in total. The Kier molecular flexibility index (Phi) is 4.78. The highest BCUT2D eigenvalue weighted by Crippen LogP contribution is 2.29. The van der Waals surface area contributed by atoms with Crippen LogP contribution in [0.4, 0.5) is 0 Å². The Hall–Kier alpha value is -2.21. The minimum atomic E-state index is -0.154. The van der Waals surface area contributed by atoms with Gasteiger partial charge in [-0.3, -0.25) is 9.69 Å². The molecule has 0 unspecified atom stereocenters. The summed E-state index contributed by atoms with van der Waals surface area (Å²) in [5, 5.41) is 4.27. The second-order valence-corrected chi connectivity index (χ2v) is 7.01. The van der Waals surface area contributed by atoms with E-state index >= 15 is 0 Å². The molecular weight excluding hydrogens is 314 g/mol. The molecule has 2 aliphatic rings. The van der Waals surface area contributed by atoms with Crippen molar-refractivity contribution < 1.29 is 4.79 Å². The van der Waals surface area contributed by atoms with Crippen molar-refractivity contribution in [2.24, 2.45) is 0 Å². The van der Waals surface area contributed by atoms with Gasteiger partial charge in [-0.15, -0.1) is 0 Å². The molecule has 0 saturated carbocycles. The lowest BCUT2D eigenvalue weighted by Crippen LogP contribution is -2.46. The maximum atomic E-state index is 13.4. The maximum absolute atomic E-state index is 13.4. The van der Waals surface area contributed by atoms with Gasteiger partial charge in [0.2, 0.25) is 5.91 Å². The van der Waals surface area contributed by atoms with Gasteiger partial charge in [-0.2, -0.15) is 5.10 Å². The minimum Gasteiger partial charge on any atom is -0.339 e. The quantitative estimate of drug-likeness (QED) is 0.857. The number of hydrogen-bond acceptors (Lipinski definition) is 4. The lowest BCUT2D eigenvalue weighted by atomic mass is 10.0. The minimum absolute atomic E-state index is 0.154. The molecule has 6 heteroatoms. The van der Waals surface area contributed by atoms with Gasteiger partial charge >= 0.3 is 0 Å². The van der Waals surface area contributed by atoms with E-state index < -0.39 is 0 Å². The largest absolute Gasteiger partial charge is 0.339 e. The Morgan fingerprint density at radius 3 is 2.60 bits per heavy atom. The van der Waals surface area contributed by atoms with Crippen molar-refractivity contribution in [3.63, 3.8) is 0 Å². The molecule has 0 bridgehead atoms. The van der Waals surface area contributed by atoms with E-state index in [0.717, 1.165) is 44.6 Å². The topological polar surface area (TPSA) is 54.3 Å². The van der Waals surface area contributed by atoms with Crippen molar-refractivity contribution in [1.29, 1.82) is 0 Å². The molecule has 0 spiro atoms. The number of hydrogen-bond donors (Lipinski definition) is 0. The summed E-state index contributed by atoms with van der Waals surface area (Å²) >= 11 is 0. The summed E-state index contributed by atoms with van der Waals surface area (Å²) in [4.78, 5) is 21.9. The molecule has 2 aliphatic heterocycles. The number of amides is 1. The Morgan fingerprint density at radius 2 is 1.88 bits per heavy atom. The first-order valence-corrected chi connectivity index (χ1v) is 9.25. The highest BCUT2D eigenvalue weighted by Gasteiger charge is 2.35. The summed E-state index contributed by atoms with van der Waals surface area (Å²) in [6.07, 6.45) is 7.74. The van der Waals surface area contributed by atoms with Gasteiger partial charge in [0.1, 0.15) is 18.7 Å². The highest BCUT2D eigenvalue weighted by molar-refractivity contribution is 5.83. The lowest BCUT2D eigenvalue weighted by molar-refractivity contribution is -0.138. The fourth-order valence-corrected chi connectivity index (χ4v) is 4.09. The first-order valence-electron chi connectivity index (χ1n) is 9.25. The lowest BCUT2D eigenvalue weighted by Gasteiger charge is -2.37. The second-order valence-electron chi connectivity index (χ2n) is 7.01. The van der Waals surface area contributed by atoms with Crippen LogP contribution in [0.2, 0.25) is 0 Å². The fraction of sp³-hybridized carbons (Fsp3) is 0.526. The smallest absolute Gasteiger partial charge is 0.244 e. The number of benzene rings is 1. The second kappa shape index (κ2) is 7.35. The number of piperidine rings is 1. The first-order chi connectivity index (χ1) is 12.3. The fourth-order valence-electron chi connectivity index (χ4n) is 4.09. The maximum Gasteiger partial charge on any atom is 0.244 e. The van der Waals surface area contributed by atoms with Gasteiger partial charge in [0, 0.05) is 13.1 Å². The third kappa shape index (κ3) is 3.44. The van der Waals surface area contributed by atoms with Crippen LogP contribution in [0.15, 0.2) is 43.0 Å². The van der Waals surface area contributed by atoms with Crippen molar-refractivity contribution in [3.8, 4) is 0 Å². The molecule has 2 aromatic rings. The third-order valence-corrected chi connectivity index (χ3v) is 5.37. The summed E-state index contributed by atoms with van der Waals surface area (Å²) in [6.45, 7) is 3.57. The zero-order valence-electron chi connectivity index (χ0n) is 14.5. The highest BCUT2D eigenvalue weighted by atomic mass is 16.2. The van der Waals surface area contributed by atoms with Crippen LogP contribution in [0.5, 0.6) is 0 Å². The van der Waals surface area contributed by atoms with Crippen LogP contribution in [0, 0.1) is 0 Å². The zero-order valence-corrected chi connectivity index (χ0v) is 14.5. The number of rotatable bonds is 4. The van der Waals surface area contributed by atoms with E-state index in [4.69, 9.17) is 0 Å². The molecular formula is C19H25N5O. The van der Waals surface area contributed by atoms with Crippen LogP contribution in [0.3, 0.4) is 0 Å². The third-order valence-electron chi connectivity index (χ3n) is 5.37. The predicted octanol–water partition coefficient (Wildman–Crippen LogP) is 2.28. The number of carbonyl (C=O) groups is 1. The van der Waals surface area contributed by atoms with E-state index in [0.29, 0.717) is 0 Å². The van der Waals surface area contributed by atoms with Gasteiger partial charge in [-0.05, 0) is 44.3 Å². The van der Waals surface area contributed by atoms with E-state index in [-0.39, 0.29) is 18.0 Å². The van der Waals surface area contributed by atoms with Gasteiger partial charge in [-0.1, -0.05) is 30.3 Å². The summed E-state index contributed by atoms with van der Waals surface area (Å²) in [5.41, 5.74) is 1.11. The van der Waals surface area contributed by atoms with Gasteiger partial charge in [0.15, 0.2) is 0 Å². The average molecular weight is 339 g/mol. The van der Waals surface area contributed by atoms with Crippen LogP contribution in [-0.4, -0.2) is 56.7 Å². The molecule has 4 rings (SSSR count). The molecule has 1 amide bonds. The van der Waals surface area contributed by atoms with E-state index in [2.05, 4.69) is 27.1 Å². The van der Waals surface area contributed by atoms with Crippen molar-refractivity contribution in [2.45, 2.75) is 37.8 Å². The summed E-state index contributed by atoms with van der Waals surface area (Å²) in [7, 11) is 0. The van der Waals surface area contributed by atoms with Crippen molar-refractivity contribution >= 4 is 5.91 Å². The first kappa shape index (κ1) is 16.3. The number of nitrogens with zero attached hydrogens (tertiary/aromatic N) is 5. The molecule has 2 fully saturated rings.